The third-order valence-electron chi connectivity index (χ3n) is 3.63. The summed E-state index contributed by atoms with van der Waals surface area (Å²) in [6.45, 7) is 1.71. The standard InChI is InChI=1S/C19H17N3O2S/c1-14-17(19(25)21-15-8-4-2-5-9-15)12-20-22(14)18(23)13-24-16-10-6-3-7-11-16/h2-12H,13H2,1H3,(H,21,25). The number of nitrogens with zero attached hydrogens (tertiary/aromatic N) is 2. The normalized spacial score (nSPS) is 10.3. The molecule has 0 aliphatic carbocycles. The van der Waals surface area contributed by atoms with Crippen LogP contribution in [0, 0.1) is 6.92 Å². The van der Waals surface area contributed by atoms with Gasteiger partial charge in [0, 0.05) is 5.69 Å². The Morgan fingerprint density at radius 2 is 1.76 bits per heavy atom. The summed E-state index contributed by atoms with van der Waals surface area (Å²) in [6, 6.07) is 18.8. The predicted molar refractivity (Wildman–Crippen MR) is 101 cm³/mol. The zero-order chi connectivity index (χ0) is 17.6. The van der Waals surface area contributed by atoms with E-state index in [-0.39, 0.29) is 12.5 Å². The van der Waals surface area contributed by atoms with Crippen molar-refractivity contribution in [1.29, 1.82) is 0 Å². The summed E-state index contributed by atoms with van der Waals surface area (Å²) in [7, 11) is 0. The molecule has 0 radical (unpaired) electrons. The predicted octanol–water partition coefficient (Wildman–Crippen LogP) is 3.70. The number of carbonyl (C=O) groups is 1. The summed E-state index contributed by atoms with van der Waals surface area (Å²) in [4.78, 5) is 12.9. The molecule has 1 aromatic heterocycles. The Labute approximate surface area is 151 Å². The average molecular weight is 351 g/mol. The van der Waals surface area contributed by atoms with Crippen molar-refractivity contribution in [1.82, 2.24) is 9.78 Å². The third kappa shape index (κ3) is 4.10. The average Bonchev–Trinajstić information content (AvgIpc) is 3.03. The topological polar surface area (TPSA) is 56.2 Å². The molecule has 25 heavy (non-hydrogen) atoms. The van der Waals surface area contributed by atoms with Gasteiger partial charge in [-0.25, -0.2) is 4.68 Å². The van der Waals surface area contributed by atoms with Crippen LogP contribution < -0.4 is 10.1 Å². The van der Waals surface area contributed by atoms with Crippen molar-refractivity contribution in [2.45, 2.75) is 6.92 Å². The van der Waals surface area contributed by atoms with E-state index in [1.165, 1.54) is 4.68 Å². The number of anilines is 1. The van der Waals surface area contributed by atoms with Crippen LogP contribution in [-0.2, 0) is 0 Å². The number of rotatable bonds is 5. The number of para-hydroxylation sites is 2. The van der Waals surface area contributed by atoms with Crippen LogP contribution in [0.4, 0.5) is 5.69 Å². The van der Waals surface area contributed by atoms with Crippen LogP contribution in [-0.4, -0.2) is 27.3 Å². The number of nitrogens with one attached hydrogen (secondary N) is 1. The summed E-state index contributed by atoms with van der Waals surface area (Å²) in [5.41, 5.74) is 2.28. The fraction of sp³-hybridized carbons (Fsp3) is 0.105. The quantitative estimate of drug-likeness (QED) is 0.711. The molecule has 0 atom stereocenters. The second-order valence-corrected chi connectivity index (χ2v) is 5.78. The van der Waals surface area contributed by atoms with E-state index in [1.54, 1.807) is 18.3 Å². The molecule has 0 spiro atoms. The largest absolute Gasteiger partial charge is 0.484 e. The maximum atomic E-state index is 12.3. The second kappa shape index (κ2) is 7.72. The molecule has 0 aliphatic heterocycles. The number of benzene rings is 2. The molecule has 3 aromatic rings. The van der Waals surface area contributed by atoms with Crippen LogP contribution >= 0.6 is 12.2 Å². The highest BCUT2D eigenvalue weighted by atomic mass is 32.1. The molecule has 0 amide bonds. The van der Waals surface area contributed by atoms with Gasteiger partial charge in [-0.3, -0.25) is 4.79 Å². The van der Waals surface area contributed by atoms with Crippen LogP contribution in [0.5, 0.6) is 5.75 Å². The third-order valence-corrected chi connectivity index (χ3v) is 3.95. The first kappa shape index (κ1) is 16.9. The van der Waals surface area contributed by atoms with Crippen molar-refractivity contribution in [3.8, 4) is 5.75 Å². The molecule has 0 saturated carbocycles. The summed E-state index contributed by atoms with van der Waals surface area (Å²) < 4.78 is 6.80. The Morgan fingerprint density at radius 1 is 1.12 bits per heavy atom. The van der Waals surface area contributed by atoms with Crippen molar-refractivity contribution < 1.29 is 9.53 Å². The van der Waals surface area contributed by atoms with Crippen LogP contribution in [0.2, 0.25) is 0 Å². The van der Waals surface area contributed by atoms with Crippen molar-refractivity contribution >= 4 is 28.8 Å². The van der Waals surface area contributed by atoms with Gasteiger partial charge >= 0.3 is 0 Å². The Bertz CT molecular complexity index is 876. The van der Waals surface area contributed by atoms with Crippen molar-refractivity contribution in [3.63, 3.8) is 0 Å². The maximum absolute atomic E-state index is 12.3. The summed E-state index contributed by atoms with van der Waals surface area (Å²) in [6.07, 6.45) is 1.59. The smallest absolute Gasteiger partial charge is 0.284 e. The van der Waals surface area contributed by atoms with Gasteiger partial charge in [0.2, 0.25) is 0 Å². The molecule has 126 valence electrons. The number of hydrogen-bond donors (Lipinski definition) is 1. The van der Waals surface area contributed by atoms with Gasteiger partial charge in [-0.15, -0.1) is 0 Å². The zero-order valence-corrected chi connectivity index (χ0v) is 14.5. The number of thiocarbonyl (C=S) groups is 1. The van der Waals surface area contributed by atoms with E-state index >= 15 is 0 Å². The number of ether oxygens (including phenoxy) is 1. The molecule has 1 N–H and O–H groups in total. The number of carbonyl (C=O) groups excluding carboxylic acids is 1. The highest BCUT2D eigenvalue weighted by Crippen LogP contribution is 2.14. The first-order chi connectivity index (χ1) is 12.1. The van der Waals surface area contributed by atoms with E-state index in [2.05, 4.69) is 10.4 Å². The summed E-state index contributed by atoms with van der Waals surface area (Å²) >= 11 is 5.42. The lowest BCUT2D eigenvalue weighted by Gasteiger charge is -2.09. The molecule has 0 aliphatic rings. The van der Waals surface area contributed by atoms with Gasteiger partial charge in [0.1, 0.15) is 10.7 Å². The van der Waals surface area contributed by atoms with Gasteiger partial charge in [-0.1, -0.05) is 48.6 Å². The first-order valence-electron chi connectivity index (χ1n) is 7.77. The Kier molecular flexibility index (Phi) is 5.20. The SMILES string of the molecule is Cc1c(C(=S)Nc2ccccc2)cnn1C(=O)COc1ccccc1. The molecule has 2 aromatic carbocycles. The minimum Gasteiger partial charge on any atom is -0.484 e. The van der Waals surface area contributed by atoms with E-state index in [9.17, 15) is 4.79 Å². The van der Waals surface area contributed by atoms with Crippen LogP contribution in [0.1, 0.15) is 16.1 Å². The van der Waals surface area contributed by atoms with E-state index in [0.29, 0.717) is 22.0 Å². The minimum atomic E-state index is -0.255. The second-order valence-electron chi connectivity index (χ2n) is 5.37. The number of hydrogen-bond acceptors (Lipinski definition) is 4. The van der Waals surface area contributed by atoms with Gasteiger partial charge in [0.25, 0.3) is 5.91 Å². The first-order valence-corrected chi connectivity index (χ1v) is 8.18. The van der Waals surface area contributed by atoms with Crippen LogP contribution in [0.3, 0.4) is 0 Å². The summed E-state index contributed by atoms with van der Waals surface area (Å²) in [5.74, 6) is 0.386. The van der Waals surface area contributed by atoms with Gasteiger partial charge < -0.3 is 10.1 Å². The van der Waals surface area contributed by atoms with Gasteiger partial charge in [0.05, 0.1) is 17.5 Å². The van der Waals surface area contributed by atoms with E-state index < -0.39 is 0 Å². The maximum Gasteiger partial charge on any atom is 0.284 e. The Balaban J connectivity index is 1.68. The van der Waals surface area contributed by atoms with Crippen molar-refractivity contribution in [2.24, 2.45) is 0 Å². The van der Waals surface area contributed by atoms with Crippen LogP contribution in [0.25, 0.3) is 0 Å². The van der Waals surface area contributed by atoms with Gasteiger partial charge in [-0.05, 0) is 31.2 Å². The van der Waals surface area contributed by atoms with Gasteiger partial charge in [-0.2, -0.15) is 5.10 Å². The fourth-order valence-electron chi connectivity index (χ4n) is 2.33. The molecule has 1 heterocycles. The minimum absolute atomic E-state index is 0.0924. The highest BCUT2D eigenvalue weighted by Gasteiger charge is 2.16. The van der Waals surface area contributed by atoms with Gasteiger partial charge in [0.15, 0.2) is 6.61 Å². The lowest BCUT2D eigenvalue weighted by atomic mass is 10.2. The lowest BCUT2D eigenvalue weighted by Crippen LogP contribution is -2.22. The molecule has 6 heteroatoms. The molecule has 0 bridgehead atoms. The molecule has 3 rings (SSSR count). The Hall–Kier alpha value is -2.99. The van der Waals surface area contributed by atoms with Crippen molar-refractivity contribution in [3.05, 3.63) is 78.1 Å². The monoisotopic (exact) mass is 351 g/mol. The van der Waals surface area contributed by atoms with E-state index in [4.69, 9.17) is 17.0 Å². The lowest BCUT2D eigenvalue weighted by molar-refractivity contribution is 0.0818. The van der Waals surface area contributed by atoms with Crippen molar-refractivity contribution in [2.75, 3.05) is 11.9 Å². The molecule has 0 saturated heterocycles. The summed E-state index contributed by atoms with van der Waals surface area (Å²) in [5, 5.41) is 7.29. The molecular formula is C19H17N3O2S. The van der Waals surface area contributed by atoms with Crippen LogP contribution in [0.15, 0.2) is 66.9 Å². The molecule has 0 unspecified atom stereocenters. The number of aromatic nitrogens is 2. The molecule has 0 fully saturated rings. The van der Waals surface area contributed by atoms with E-state index in [0.717, 1.165) is 5.69 Å². The molecule has 5 nitrogen and oxygen atoms in total. The van der Waals surface area contributed by atoms with E-state index in [1.807, 2.05) is 55.5 Å². The fourth-order valence-corrected chi connectivity index (χ4v) is 2.65. The Morgan fingerprint density at radius 3 is 2.44 bits per heavy atom. The molecular weight excluding hydrogens is 334 g/mol. The highest BCUT2D eigenvalue weighted by molar-refractivity contribution is 7.81. The zero-order valence-electron chi connectivity index (χ0n) is 13.7.